The van der Waals surface area contributed by atoms with Gasteiger partial charge in [-0.1, -0.05) is 74.0 Å². The fourth-order valence-corrected chi connectivity index (χ4v) is 3.49. The van der Waals surface area contributed by atoms with Crippen molar-refractivity contribution < 1.29 is 14.4 Å². The summed E-state index contributed by atoms with van der Waals surface area (Å²) in [5.74, 6) is -0.784. The molecule has 3 rings (SSSR count). The smallest absolute Gasteiger partial charge is 0.325 e. The van der Waals surface area contributed by atoms with E-state index in [1.807, 2.05) is 55.5 Å². The summed E-state index contributed by atoms with van der Waals surface area (Å²) in [6.45, 7) is 3.40. The molecule has 28 heavy (non-hydrogen) atoms. The molecule has 0 aromatic heterocycles. The van der Waals surface area contributed by atoms with Crippen molar-refractivity contribution in [2.24, 2.45) is 0 Å². The second kappa shape index (κ2) is 8.25. The van der Waals surface area contributed by atoms with E-state index in [-0.39, 0.29) is 18.5 Å². The predicted molar refractivity (Wildman–Crippen MR) is 106 cm³/mol. The first kappa shape index (κ1) is 19.6. The lowest BCUT2D eigenvalue weighted by atomic mass is 9.92. The Balaban J connectivity index is 1.71. The summed E-state index contributed by atoms with van der Waals surface area (Å²) < 4.78 is 0. The van der Waals surface area contributed by atoms with Gasteiger partial charge < -0.3 is 10.6 Å². The van der Waals surface area contributed by atoms with Crippen LogP contribution in [-0.2, 0) is 15.1 Å². The lowest BCUT2D eigenvalue weighted by Crippen LogP contribution is -2.43. The van der Waals surface area contributed by atoms with E-state index < -0.39 is 17.5 Å². The summed E-state index contributed by atoms with van der Waals surface area (Å²) in [5, 5.41) is 5.68. The molecule has 2 atom stereocenters. The number of amides is 4. The molecule has 0 radical (unpaired) electrons. The van der Waals surface area contributed by atoms with Crippen LogP contribution < -0.4 is 10.6 Å². The van der Waals surface area contributed by atoms with Crippen LogP contribution >= 0.6 is 0 Å². The summed E-state index contributed by atoms with van der Waals surface area (Å²) in [6.07, 6.45) is 1.67. The summed E-state index contributed by atoms with van der Waals surface area (Å²) in [6, 6.07) is 18.0. The first-order valence-electron chi connectivity index (χ1n) is 9.49. The molecule has 2 aromatic carbocycles. The number of benzene rings is 2. The topological polar surface area (TPSA) is 78.5 Å². The number of carbonyl (C=O) groups excluding carboxylic acids is 3. The number of nitrogens with zero attached hydrogens (tertiary/aromatic N) is 1. The number of imide groups is 1. The zero-order chi connectivity index (χ0) is 20.1. The third-order valence-corrected chi connectivity index (χ3v) is 5.04. The van der Waals surface area contributed by atoms with Crippen LogP contribution in [0.3, 0.4) is 0 Å². The minimum Gasteiger partial charge on any atom is -0.348 e. The number of rotatable bonds is 7. The molecule has 4 amide bonds. The van der Waals surface area contributed by atoms with Crippen molar-refractivity contribution in [3.8, 4) is 0 Å². The summed E-state index contributed by atoms with van der Waals surface area (Å²) >= 11 is 0. The van der Waals surface area contributed by atoms with E-state index in [0.29, 0.717) is 5.56 Å². The first-order valence-corrected chi connectivity index (χ1v) is 9.49. The molecule has 2 aromatic rings. The van der Waals surface area contributed by atoms with Gasteiger partial charge in [-0.2, -0.15) is 0 Å². The van der Waals surface area contributed by atoms with Gasteiger partial charge in [0.05, 0.1) is 6.04 Å². The van der Waals surface area contributed by atoms with E-state index in [1.165, 1.54) is 0 Å². The Kier molecular flexibility index (Phi) is 5.78. The van der Waals surface area contributed by atoms with Crippen LogP contribution in [0.2, 0.25) is 0 Å². The fraction of sp³-hybridized carbons (Fsp3) is 0.318. The van der Waals surface area contributed by atoms with Gasteiger partial charge >= 0.3 is 6.03 Å². The van der Waals surface area contributed by atoms with Crippen molar-refractivity contribution in [1.29, 1.82) is 0 Å². The van der Waals surface area contributed by atoms with Crippen molar-refractivity contribution in [3.63, 3.8) is 0 Å². The number of carbonyl (C=O) groups is 3. The van der Waals surface area contributed by atoms with Gasteiger partial charge in [0.1, 0.15) is 12.1 Å². The van der Waals surface area contributed by atoms with Crippen LogP contribution in [0.15, 0.2) is 60.7 Å². The molecule has 0 unspecified atom stereocenters. The summed E-state index contributed by atoms with van der Waals surface area (Å²) in [7, 11) is 0. The van der Waals surface area contributed by atoms with Gasteiger partial charge in [0.25, 0.3) is 5.91 Å². The zero-order valence-corrected chi connectivity index (χ0v) is 16.1. The highest BCUT2D eigenvalue weighted by molar-refractivity contribution is 6.09. The maximum absolute atomic E-state index is 12.9. The van der Waals surface area contributed by atoms with Crippen LogP contribution in [0, 0.1) is 0 Å². The van der Waals surface area contributed by atoms with E-state index in [1.54, 1.807) is 19.1 Å². The average molecular weight is 379 g/mol. The summed E-state index contributed by atoms with van der Waals surface area (Å²) in [4.78, 5) is 38.9. The largest absolute Gasteiger partial charge is 0.348 e. The van der Waals surface area contributed by atoms with Gasteiger partial charge in [-0.05, 0) is 24.5 Å². The van der Waals surface area contributed by atoms with Gasteiger partial charge in [-0.25, -0.2) is 4.79 Å². The van der Waals surface area contributed by atoms with Crippen LogP contribution in [0.5, 0.6) is 0 Å². The Labute approximate surface area is 164 Å². The Morgan fingerprint density at radius 2 is 1.68 bits per heavy atom. The van der Waals surface area contributed by atoms with Crippen molar-refractivity contribution in [2.45, 2.75) is 38.3 Å². The van der Waals surface area contributed by atoms with Gasteiger partial charge in [0.2, 0.25) is 5.91 Å². The molecule has 1 saturated heterocycles. The predicted octanol–water partition coefficient (Wildman–Crippen LogP) is 3.11. The lowest BCUT2D eigenvalue weighted by Gasteiger charge is -2.23. The Bertz CT molecular complexity index is 854. The zero-order valence-electron chi connectivity index (χ0n) is 16.1. The van der Waals surface area contributed by atoms with Crippen molar-refractivity contribution in [1.82, 2.24) is 15.5 Å². The third kappa shape index (κ3) is 3.91. The van der Waals surface area contributed by atoms with E-state index in [2.05, 4.69) is 10.6 Å². The van der Waals surface area contributed by atoms with Crippen molar-refractivity contribution >= 4 is 17.8 Å². The van der Waals surface area contributed by atoms with Crippen LogP contribution in [0.25, 0.3) is 0 Å². The Morgan fingerprint density at radius 1 is 1.07 bits per heavy atom. The number of hydrogen-bond acceptors (Lipinski definition) is 3. The molecular weight excluding hydrogens is 354 g/mol. The van der Waals surface area contributed by atoms with Crippen LogP contribution in [0.4, 0.5) is 4.79 Å². The molecule has 1 fully saturated rings. The second-order valence-corrected chi connectivity index (χ2v) is 7.13. The van der Waals surface area contributed by atoms with Gasteiger partial charge in [-0.3, -0.25) is 14.5 Å². The minimum absolute atomic E-state index is 0.153. The molecule has 0 saturated carbocycles. The van der Waals surface area contributed by atoms with E-state index in [0.717, 1.165) is 23.3 Å². The van der Waals surface area contributed by atoms with Crippen molar-refractivity contribution in [2.75, 3.05) is 6.54 Å². The second-order valence-electron chi connectivity index (χ2n) is 7.13. The molecule has 1 heterocycles. The molecule has 1 aliphatic heterocycles. The van der Waals surface area contributed by atoms with E-state index in [9.17, 15) is 14.4 Å². The third-order valence-electron chi connectivity index (χ3n) is 5.04. The monoisotopic (exact) mass is 379 g/mol. The lowest BCUT2D eigenvalue weighted by molar-refractivity contribution is -0.135. The molecule has 2 N–H and O–H groups in total. The summed E-state index contributed by atoms with van der Waals surface area (Å²) in [5.41, 5.74) is 0.523. The van der Waals surface area contributed by atoms with Gasteiger partial charge in [0, 0.05) is 0 Å². The molecule has 6 nitrogen and oxygen atoms in total. The molecule has 0 bridgehead atoms. The van der Waals surface area contributed by atoms with E-state index in [4.69, 9.17) is 0 Å². The molecule has 0 spiro atoms. The van der Waals surface area contributed by atoms with Crippen LogP contribution in [-0.4, -0.2) is 29.3 Å². The molecule has 6 heteroatoms. The van der Waals surface area contributed by atoms with Crippen molar-refractivity contribution in [3.05, 3.63) is 71.8 Å². The van der Waals surface area contributed by atoms with Crippen LogP contribution in [0.1, 0.15) is 43.9 Å². The fourth-order valence-electron chi connectivity index (χ4n) is 3.49. The number of hydrogen-bond donors (Lipinski definition) is 2. The first-order chi connectivity index (χ1) is 13.5. The van der Waals surface area contributed by atoms with Gasteiger partial charge in [-0.15, -0.1) is 0 Å². The van der Waals surface area contributed by atoms with E-state index >= 15 is 0 Å². The molecule has 0 aliphatic carbocycles. The average Bonchev–Trinajstić information content (AvgIpc) is 2.93. The highest BCUT2D eigenvalue weighted by Gasteiger charge is 2.49. The minimum atomic E-state index is -1.17. The normalized spacial score (nSPS) is 20.0. The Morgan fingerprint density at radius 3 is 2.29 bits per heavy atom. The maximum Gasteiger partial charge on any atom is 0.325 e. The maximum atomic E-state index is 12.9. The quantitative estimate of drug-likeness (QED) is 0.726. The molecule has 146 valence electrons. The molecule has 1 aliphatic rings. The highest BCUT2D eigenvalue weighted by atomic mass is 16.2. The van der Waals surface area contributed by atoms with Gasteiger partial charge in [0.15, 0.2) is 0 Å². The number of urea groups is 1. The Hall–Kier alpha value is -3.15. The highest BCUT2D eigenvalue weighted by Crippen LogP contribution is 2.28. The SMILES string of the molecule is CCC[C@H](NC(=O)CN1C(=O)N[C@](C)(c2ccccc2)C1=O)c1ccccc1. The number of nitrogens with one attached hydrogen (secondary N) is 2. The standard InChI is InChI=1S/C22H25N3O3/c1-3-10-18(16-11-6-4-7-12-16)23-19(26)15-25-20(27)22(2,24-21(25)28)17-13-8-5-9-14-17/h4-9,11-14,18H,3,10,15H2,1-2H3,(H,23,26)(H,24,28)/t18-,22+/m0/s1. The molecular formula is C22H25N3O3.